The first-order chi connectivity index (χ1) is 38.7. The molecule has 2 saturated heterocycles. The first-order valence-corrected chi connectivity index (χ1v) is 28.4. The Kier molecular flexibility index (Phi) is 16.1. The third-order valence-corrected chi connectivity index (χ3v) is 16.9. The lowest BCUT2D eigenvalue weighted by molar-refractivity contribution is -0.151. The molecule has 4 aliphatic rings. The molecule has 2 aliphatic heterocycles. The third-order valence-electron chi connectivity index (χ3n) is 15.9. The number of unbranched alkanes of at least 4 members (excludes halogenated alkanes) is 1. The lowest BCUT2D eigenvalue weighted by Gasteiger charge is -2.44. The molecule has 81 heavy (non-hydrogen) atoms. The molecule has 8 N–H and O–H groups in total. The van der Waals surface area contributed by atoms with Crippen LogP contribution in [0, 0.1) is 18.2 Å². The summed E-state index contributed by atoms with van der Waals surface area (Å²) in [7, 11) is 0. The number of halogens is 2. The molecule has 4 fully saturated rings. The molecular weight excluding hydrogens is 1060 g/mol. The normalized spacial score (nSPS) is 19.7. The monoisotopic (exact) mass is 1130 g/mol. The summed E-state index contributed by atoms with van der Waals surface area (Å²) in [5.74, 6) is -4.55. The quantitative estimate of drug-likeness (QED) is 0.0463. The number of hydrogen-bond donors (Lipinski definition) is 7. The van der Waals surface area contributed by atoms with Gasteiger partial charge >= 0.3 is 0 Å². The second kappa shape index (κ2) is 23.0. The van der Waals surface area contributed by atoms with Crippen LogP contribution < -0.4 is 27.0 Å². The number of aliphatic hydroxyl groups is 1. The van der Waals surface area contributed by atoms with Gasteiger partial charge in [-0.2, -0.15) is 5.10 Å². The molecule has 21 nitrogen and oxygen atoms in total. The fourth-order valence-electron chi connectivity index (χ4n) is 11.0. The predicted octanol–water partition coefficient (Wildman–Crippen LogP) is 5.11. The smallest absolute Gasteiger partial charge is 0.258 e. The highest BCUT2D eigenvalue weighted by atomic mass is 32.1. The molecule has 6 amide bonds. The van der Waals surface area contributed by atoms with Crippen molar-refractivity contribution in [2.45, 2.75) is 114 Å². The van der Waals surface area contributed by atoms with Gasteiger partial charge in [-0.3, -0.25) is 43.2 Å². The number of amides is 6. The number of imidazole rings is 1. The van der Waals surface area contributed by atoms with E-state index in [1.807, 2.05) is 34.6 Å². The number of benzene rings is 2. The standard InChI is InChI=1S/C57H68F2N14O7S/c1-33-47(81-32-64-33)36-11-7-34(8-12-36)40(57(53(60)79)25-39(74)29-73(57)52(78)48(55(2,3)4)69-54(80)56(59)15-16-56)24-45(75)61-17-5-6-18-62-46(76)31-70-19-21-71(22-20-70)51(77)37-13-14-42(41(58)23-37)67-49-50-63-28-44(38-26-65-66-27-38)72(50)30-43(68-49)35-9-10-35/h7-8,11-14,23,26-28,30,32,35,39-40,48,74H,5-6,9-10,15-22,24-25,29,31H2,1-4H3,(H2,60,79)(H,61,75)(H,62,76)(H,65,66)(H,67,68)(H,69,80)/t39?,40-,48+,57?/m0/s1. The van der Waals surface area contributed by atoms with Gasteiger partial charge in [0.05, 0.1) is 58.2 Å². The minimum atomic E-state index is -2.09. The van der Waals surface area contributed by atoms with Crippen molar-refractivity contribution in [3.8, 4) is 21.7 Å². The maximum absolute atomic E-state index is 15.7. The molecule has 2 unspecified atom stereocenters. The van der Waals surface area contributed by atoms with Crippen molar-refractivity contribution in [1.29, 1.82) is 0 Å². The lowest BCUT2D eigenvalue weighted by Crippen LogP contribution is -2.65. The minimum absolute atomic E-state index is 0.0245. The van der Waals surface area contributed by atoms with E-state index in [1.54, 1.807) is 68.0 Å². The Labute approximate surface area is 470 Å². The number of thiazole rings is 1. The zero-order chi connectivity index (χ0) is 57.4. The number of alkyl halides is 1. The third kappa shape index (κ3) is 12.2. The number of carbonyl (C=O) groups is 6. The average molecular weight is 1130 g/mol. The van der Waals surface area contributed by atoms with Crippen molar-refractivity contribution in [3.63, 3.8) is 0 Å². The summed E-state index contributed by atoms with van der Waals surface area (Å²) in [6.07, 6.45) is 8.44. The van der Waals surface area contributed by atoms with E-state index in [2.05, 4.69) is 41.4 Å². The average Bonchev–Trinajstić information content (AvgIpc) is 4.21. The lowest BCUT2D eigenvalue weighted by atomic mass is 9.73. The van der Waals surface area contributed by atoms with E-state index in [0.717, 1.165) is 45.9 Å². The van der Waals surface area contributed by atoms with Gasteiger partial charge in [-0.25, -0.2) is 23.7 Å². The highest BCUT2D eigenvalue weighted by Gasteiger charge is 2.60. The maximum atomic E-state index is 15.7. The van der Waals surface area contributed by atoms with Crippen LogP contribution in [0.25, 0.3) is 27.3 Å². The number of aliphatic hydroxyl groups excluding tert-OH is 1. The van der Waals surface area contributed by atoms with Crippen molar-refractivity contribution in [3.05, 3.63) is 101 Å². The van der Waals surface area contributed by atoms with E-state index in [4.69, 9.17) is 10.7 Å². The Bertz CT molecular complexity index is 3330. The number of rotatable bonds is 21. The minimum Gasteiger partial charge on any atom is -0.391 e. The Hall–Kier alpha value is -7.70. The van der Waals surface area contributed by atoms with Crippen molar-refractivity contribution >= 4 is 63.9 Å². The van der Waals surface area contributed by atoms with Crippen molar-refractivity contribution in [1.82, 2.24) is 60.2 Å². The molecule has 2 aliphatic carbocycles. The zero-order valence-electron chi connectivity index (χ0n) is 45.8. The molecule has 428 valence electrons. The Morgan fingerprint density at radius 2 is 1.65 bits per heavy atom. The molecule has 24 heteroatoms. The van der Waals surface area contributed by atoms with Crippen LogP contribution in [0.1, 0.15) is 111 Å². The predicted molar refractivity (Wildman–Crippen MR) is 298 cm³/mol. The second-order valence-electron chi connectivity index (χ2n) is 22.9. The molecule has 0 bridgehead atoms. The number of β-amino-alcohol motifs (C(OH)–C–C–N with tert-alkyl or cyclic N) is 1. The summed E-state index contributed by atoms with van der Waals surface area (Å²) >= 11 is 1.46. The second-order valence-corrected chi connectivity index (χ2v) is 23.7. The fraction of sp³-hybridized carbons (Fsp3) is 0.474. The number of piperazine rings is 1. The van der Waals surface area contributed by atoms with E-state index in [9.17, 15) is 33.9 Å². The molecule has 0 radical (unpaired) electrons. The number of fused-ring (bicyclic) bond motifs is 1. The number of aromatic amines is 1. The highest BCUT2D eigenvalue weighted by molar-refractivity contribution is 7.13. The number of nitrogens with one attached hydrogen (secondary N) is 5. The maximum Gasteiger partial charge on any atom is 0.258 e. The van der Waals surface area contributed by atoms with Crippen LogP contribution >= 0.6 is 11.3 Å². The number of carbonyl (C=O) groups excluding carboxylic acids is 6. The van der Waals surface area contributed by atoms with Crippen LogP contribution in [-0.4, -0.2) is 161 Å². The Morgan fingerprint density at radius 1 is 0.938 bits per heavy atom. The number of hydrogen-bond acceptors (Lipinski definition) is 14. The number of primary amides is 1. The van der Waals surface area contributed by atoms with E-state index >= 15 is 8.78 Å². The van der Waals surface area contributed by atoms with Crippen molar-refractivity contribution in [2.75, 3.05) is 57.7 Å². The largest absolute Gasteiger partial charge is 0.391 e. The topological polar surface area (TPSA) is 278 Å². The first kappa shape index (κ1) is 56.6. The molecule has 2 saturated carbocycles. The van der Waals surface area contributed by atoms with Gasteiger partial charge in [-0.05, 0) is 80.2 Å². The van der Waals surface area contributed by atoms with Crippen molar-refractivity contribution < 1.29 is 42.7 Å². The number of aryl methyl sites for hydroxylation is 1. The van der Waals surface area contributed by atoms with Gasteiger partial charge in [0.2, 0.25) is 23.6 Å². The number of H-pyrrole nitrogens is 1. The molecule has 2 aromatic carbocycles. The van der Waals surface area contributed by atoms with E-state index in [0.29, 0.717) is 68.5 Å². The van der Waals surface area contributed by atoms with E-state index in [1.165, 1.54) is 28.4 Å². The summed E-state index contributed by atoms with van der Waals surface area (Å²) < 4.78 is 32.7. The van der Waals surface area contributed by atoms with Gasteiger partial charge in [-0.15, -0.1) is 11.3 Å². The van der Waals surface area contributed by atoms with Gasteiger partial charge in [0.15, 0.2) is 17.1 Å². The van der Waals surface area contributed by atoms with Crippen LogP contribution in [0.5, 0.6) is 0 Å². The van der Waals surface area contributed by atoms with Gasteiger partial charge in [0.1, 0.15) is 17.4 Å². The number of likely N-dealkylation sites (tertiary alicyclic amines) is 1. The molecule has 4 aromatic heterocycles. The summed E-state index contributed by atoms with van der Waals surface area (Å²) in [4.78, 5) is 102. The van der Waals surface area contributed by atoms with E-state index in [-0.39, 0.29) is 68.4 Å². The molecule has 0 spiro atoms. The van der Waals surface area contributed by atoms with Crippen LogP contribution in [0.4, 0.5) is 20.3 Å². The van der Waals surface area contributed by atoms with Crippen LogP contribution in [0.3, 0.4) is 0 Å². The van der Waals surface area contributed by atoms with Gasteiger partial charge in [-0.1, -0.05) is 45.0 Å². The number of aromatic nitrogens is 6. The SMILES string of the molecule is Cc1ncsc1-c1ccc([C@H](CC(=O)NCCCCNC(=O)CN2CCN(C(=O)c3ccc(Nc4nc(C5CC5)cn5c(-c6cn[nH]c6)cnc45)c(F)c3)CC2)C2(C(N)=O)CC(O)CN2C(=O)[C@@H](NC(=O)C2(F)CC2)C(C)(C)C)cc1. The van der Waals surface area contributed by atoms with Gasteiger partial charge in [0, 0.05) is 94.0 Å². The summed E-state index contributed by atoms with van der Waals surface area (Å²) in [5, 5.41) is 29.7. The molecule has 10 rings (SSSR count). The van der Waals surface area contributed by atoms with Crippen LogP contribution in [-0.2, 0) is 24.0 Å². The molecular formula is C57H68F2N14O7S. The van der Waals surface area contributed by atoms with Crippen LogP contribution in [0.15, 0.2) is 72.8 Å². The summed E-state index contributed by atoms with van der Waals surface area (Å²) in [6, 6.07) is 10.2. The zero-order valence-corrected chi connectivity index (χ0v) is 46.6. The van der Waals surface area contributed by atoms with Crippen LogP contribution in [0.2, 0.25) is 0 Å². The summed E-state index contributed by atoms with van der Waals surface area (Å²) in [6.45, 7) is 8.88. The fourth-order valence-corrected chi connectivity index (χ4v) is 11.8. The summed E-state index contributed by atoms with van der Waals surface area (Å²) in [5.41, 5.74) is 8.63. The highest BCUT2D eigenvalue weighted by Crippen LogP contribution is 2.47. The van der Waals surface area contributed by atoms with Gasteiger partial charge in [0.25, 0.3) is 11.8 Å². The number of nitrogens with two attached hydrogens (primary N) is 1. The number of anilines is 2. The molecule has 4 atom stereocenters. The Morgan fingerprint density at radius 3 is 2.27 bits per heavy atom. The first-order valence-electron chi connectivity index (χ1n) is 27.5. The molecule has 6 heterocycles. The number of nitrogens with zero attached hydrogens (tertiary/aromatic N) is 8. The Balaban J connectivity index is 0.709. The molecule has 6 aromatic rings. The van der Waals surface area contributed by atoms with Crippen molar-refractivity contribution in [2.24, 2.45) is 11.1 Å². The van der Waals surface area contributed by atoms with E-state index < -0.39 is 64.1 Å². The van der Waals surface area contributed by atoms with Gasteiger partial charge < -0.3 is 41.9 Å².